The quantitative estimate of drug-likeness (QED) is 0.869. The summed E-state index contributed by atoms with van der Waals surface area (Å²) in [6, 6.07) is 9.59. The number of aromatic nitrogens is 1. The second kappa shape index (κ2) is 6.56. The first-order valence-electron chi connectivity index (χ1n) is 7.04. The Morgan fingerprint density at radius 2 is 1.86 bits per heavy atom. The molecule has 116 valence electrons. The summed E-state index contributed by atoms with van der Waals surface area (Å²) in [5, 5.41) is 0. The number of benzene rings is 1. The fourth-order valence-electron chi connectivity index (χ4n) is 2.03. The van der Waals surface area contributed by atoms with E-state index >= 15 is 0 Å². The Bertz CT molecular complexity index is 684. The summed E-state index contributed by atoms with van der Waals surface area (Å²) >= 11 is 0. The SMILES string of the molecule is CC(C)Oc1cccc(F)c1-c1cccc(C(=O)N(C)C)n1. The first-order chi connectivity index (χ1) is 10.4. The van der Waals surface area contributed by atoms with Gasteiger partial charge < -0.3 is 9.64 Å². The number of rotatable bonds is 4. The molecule has 0 atom stereocenters. The first kappa shape index (κ1) is 15.9. The van der Waals surface area contributed by atoms with E-state index in [1.165, 1.54) is 11.0 Å². The smallest absolute Gasteiger partial charge is 0.271 e. The number of nitrogens with zero attached hydrogens (tertiary/aromatic N) is 2. The van der Waals surface area contributed by atoms with Crippen molar-refractivity contribution in [1.82, 2.24) is 9.88 Å². The standard InChI is InChI=1S/C17H19FN2O2/c1-11(2)22-15-10-5-7-12(18)16(15)13-8-6-9-14(19-13)17(21)20(3)4/h5-11H,1-4H3. The maximum absolute atomic E-state index is 14.3. The lowest BCUT2D eigenvalue weighted by Gasteiger charge is -2.15. The lowest BCUT2D eigenvalue weighted by atomic mass is 10.1. The molecule has 1 aromatic carbocycles. The van der Waals surface area contributed by atoms with Crippen molar-refractivity contribution in [3.05, 3.63) is 47.9 Å². The van der Waals surface area contributed by atoms with Crippen LogP contribution in [0.1, 0.15) is 24.3 Å². The van der Waals surface area contributed by atoms with E-state index < -0.39 is 5.82 Å². The molecule has 0 aliphatic rings. The Hall–Kier alpha value is -2.43. The number of hydrogen-bond donors (Lipinski definition) is 0. The van der Waals surface area contributed by atoms with Crippen molar-refractivity contribution in [3.63, 3.8) is 0 Å². The largest absolute Gasteiger partial charge is 0.490 e. The molecule has 0 N–H and O–H groups in total. The van der Waals surface area contributed by atoms with Gasteiger partial charge in [0.25, 0.3) is 5.91 Å². The van der Waals surface area contributed by atoms with Gasteiger partial charge in [-0.1, -0.05) is 12.1 Å². The molecule has 0 saturated carbocycles. The normalized spacial score (nSPS) is 10.6. The van der Waals surface area contributed by atoms with Crippen LogP contribution in [0.2, 0.25) is 0 Å². The summed E-state index contributed by atoms with van der Waals surface area (Å²) in [6.45, 7) is 3.74. The molecule has 5 heteroatoms. The second-order valence-corrected chi connectivity index (χ2v) is 5.39. The van der Waals surface area contributed by atoms with E-state index in [9.17, 15) is 9.18 Å². The Morgan fingerprint density at radius 1 is 1.18 bits per heavy atom. The number of pyridine rings is 1. The van der Waals surface area contributed by atoms with Crippen molar-refractivity contribution in [2.24, 2.45) is 0 Å². The van der Waals surface area contributed by atoms with Crippen LogP contribution in [0.3, 0.4) is 0 Å². The van der Waals surface area contributed by atoms with E-state index in [0.29, 0.717) is 11.4 Å². The lowest BCUT2D eigenvalue weighted by molar-refractivity contribution is 0.0822. The van der Waals surface area contributed by atoms with Gasteiger partial charge in [0.05, 0.1) is 17.4 Å². The first-order valence-corrected chi connectivity index (χ1v) is 7.04. The van der Waals surface area contributed by atoms with Crippen molar-refractivity contribution in [2.75, 3.05) is 14.1 Å². The summed E-state index contributed by atoms with van der Waals surface area (Å²) < 4.78 is 19.9. The molecule has 0 radical (unpaired) electrons. The Labute approximate surface area is 129 Å². The maximum atomic E-state index is 14.3. The summed E-state index contributed by atoms with van der Waals surface area (Å²) in [5.74, 6) is -0.249. The third-order valence-corrected chi connectivity index (χ3v) is 2.97. The molecule has 2 aromatic rings. The molecule has 1 heterocycles. The molecule has 0 bridgehead atoms. The Balaban J connectivity index is 2.52. The predicted octanol–water partition coefficient (Wildman–Crippen LogP) is 3.38. The van der Waals surface area contributed by atoms with Crippen LogP contribution in [0.5, 0.6) is 5.75 Å². The van der Waals surface area contributed by atoms with Gasteiger partial charge in [-0.15, -0.1) is 0 Å². The molecule has 1 amide bonds. The molecule has 0 spiro atoms. The van der Waals surface area contributed by atoms with Crippen molar-refractivity contribution < 1.29 is 13.9 Å². The van der Waals surface area contributed by atoms with E-state index in [1.807, 2.05) is 13.8 Å². The highest BCUT2D eigenvalue weighted by Gasteiger charge is 2.17. The lowest BCUT2D eigenvalue weighted by Crippen LogP contribution is -2.22. The van der Waals surface area contributed by atoms with Gasteiger partial charge in [-0.25, -0.2) is 9.37 Å². The van der Waals surface area contributed by atoms with Gasteiger partial charge >= 0.3 is 0 Å². The average molecular weight is 302 g/mol. The third-order valence-electron chi connectivity index (χ3n) is 2.97. The topological polar surface area (TPSA) is 42.4 Å². The molecule has 22 heavy (non-hydrogen) atoms. The monoisotopic (exact) mass is 302 g/mol. The highest BCUT2D eigenvalue weighted by Crippen LogP contribution is 2.32. The van der Waals surface area contributed by atoms with Gasteiger partial charge in [0.1, 0.15) is 17.3 Å². The van der Waals surface area contributed by atoms with E-state index in [-0.39, 0.29) is 23.3 Å². The molecule has 0 unspecified atom stereocenters. The molecule has 1 aromatic heterocycles. The van der Waals surface area contributed by atoms with Crippen molar-refractivity contribution in [2.45, 2.75) is 20.0 Å². The van der Waals surface area contributed by atoms with Crippen LogP contribution in [-0.4, -0.2) is 36.0 Å². The van der Waals surface area contributed by atoms with Crippen LogP contribution in [0, 0.1) is 5.82 Å². The van der Waals surface area contributed by atoms with Gasteiger partial charge in [0, 0.05) is 14.1 Å². The fraction of sp³-hybridized carbons (Fsp3) is 0.294. The molecule has 0 fully saturated rings. The number of carbonyl (C=O) groups is 1. The highest BCUT2D eigenvalue weighted by atomic mass is 19.1. The van der Waals surface area contributed by atoms with Crippen molar-refractivity contribution in [3.8, 4) is 17.0 Å². The van der Waals surface area contributed by atoms with Crippen LogP contribution in [0.25, 0.3) is 11.3 Å². The Morgan fingerprint density at radius 3 is 2.50 bits per heavy atom. The fourth-order valence-corrected chi connectivity index (χ4v) is 2.03. The van der Waals surface area contributed by atoms with Crippen LogP contribution < -0.4 is 4.74 Å². The molecule has 0 aliphatic heterocycles. The minimum absolute atomic E-state index is 0.0906. The van der Waals surface area contributed by atoms with Crippen molar-refractivity contribution in [1.29, 1.82) is 0 Å². The van der Waals surface area contributed by atoms with Gasteiger partial charge in [0.2, 0.25) is 0 Å². The van der Waals surface area contributed by atoms with Crippen LogP contribution in [-0.2, 0) is 0 Å². The number of halogens is 1. The summed E-state index contributed by atoms with van der Waals surface area (Å²) in [7, 11) is 3.29. The number of hydrogen-bond acceptors (Lipinski definition) is 3. The highest BCUT2D eigenvalue weighted by molar-refractivity contribution is 5.92. The number of ether oxygens (including phenoxy) is 1. The zero-order valence-corrected chi connectivity index (χ0v) is 13.1. The minimum Gasteiger partial charge on any atom is -0.490 e. The van der Waals surface area contributed by atoms with Crippen LogP contribution in [0.15, 0.2) is 36.4 Å². The third kappa shape index (κ3) is 3.42. The van der Waals surface area contributed by atoms with E-state index in [0.717, 1.165) is 0 Å². The molecular weight excluding hydrogens is 283 g/mol. The van der Waals surface area contributed by atoms with Crippen LogP contribution >= 0.6 is 0 Å². The summed E-state index contributed by atoms with van der Waals surface area (Å²) in [4.78, 5) is 17.7. The van der Waals surface area contributed by atoms with E-state index in [1.54, 1.807) is 44.4 Å². The predicted molar refractivity (Wildman–Crippen MR) is 83.4 cm³/mol. The molecular formula is C17H19FN2O2. The number of carbonyl (C=O) groups excluding carboxylic acids is 1. The van der Waals surface area contributed by atoms with Crippen LogP contribution in [0.4, 0.5) is 4.39 Å². The summed E-state index contributed by atoms with van der Waals surface area (Å²) in [5.41, 5.74) is 0.910. The van der Waals surface area contributed by atoms with E-state index in [4.69, 9.17) is 4.74 Å². The molecule has 2 rings (SSSR count). The zero-order valence-electron chi connectivity index (χ0n) is 13.1. The molecule has 0 saturated heterocycles. The second-order valence-electron chi connectivity index (χ2n) is 5.39. The Kier molecular flexibility index (Phi) is 4.75. The summed E-state index contributed by atoms with van der Waals surface area (Å²) in [6.07, 6.45) is -0.0906. The van der Waals surface area contributed by atoms with E-state index in [2.05, 4.69) is 4.98 Å². The van der Waals surface area contributed by atoms with Gasteiger partial charge in [-0.3, -0.25) is 4.79 Å². The maximum Gasteiger partial charge on any atom is 0.271 e. The van der Waals surface area contributed by atoms with Gasteiger partial charge in [-0.05, 0) is 38.1 Å². The molecule has 0 aliphatic carbocycles. The van der Waals surface area contributed by atoms with Crippen molar-refractivity contribution >= 4 is 5.91 Å². The zero-order chi connectivity index (χ0) is 16.3. The van der Waals surface area contributed by atoms with Gasteiger partial charge in [-0.2, -0.15) is 0 Å². The minimum atomic E-state index is -0.430. The van der Waals surface area contributed by atoms with Gasteiger partial charge in [0.15, 0.2) is 0 Å². The average Bonchev–Trinajstić information content (AvgIpc) is 2.46. The molecule has 4 nitrogen and oxygen atoms in total. The number of amides is 1.